The summed E-state index contributed by atoms with van der Waals surface area (Å²) in [6, 6.07) is 16.3. The van der Waals surface area contributed by atoms with E-state index in [-0.39, 0.29) is 20.4 Å². The molecule has 0 bridgehead atoms. The Balaban J connectivity index is 0.000000255. The molecule has 34 heavy (non-hydrogen) atoms. The predicted molar refractivity (Wildman–Crippen MR) is 122 cm³/mol. The van der Waals surface area contributed by atoms with Crippen LogP contribution in [0.5, 0.6) is 0 Å². The lowest BCUT2D eigenvalue weighted by atomic mass is 10.2. The van der Waals surface area contributed by atoms with Crippen molar-refractivity contribution >= 4 is 36.0 Å². The van der Waals surface area contributed by atoms with Crippen molar-refractivity contribution in [2.75, 3.05) is 5.73 Å². The van der Waals surface area contributed by atoms with Crippen LogP contribution in [-0.2, 0) is 30.4 Å². The van der Waals surface area contributed by atoms with E-state index in [0.717, 1.165) is 5.56 Å². The van der Waals surface area contributed by atoms with Crippen LogP contribution in [-0.4, -0.2) is 38.9 Å². The molecular weight excluding hydrogens is 506 g/mol. The quantitative estimate of drug-likeness (QED) is 0.388. The number of hydrogen-bond donors (Lipinski definition) is 1. The predicted octanol–water partition coefficient (Wildman–Crippen LogP) is 2.28. The van der Waals surface area contributed by atoms with Gasteiger partial charge in [-0.15, -0.1) is 0 Å². The fourth-order valence-electron chi connectivity index (χ4n) is 2.47. The first-order chi connectivity index (χ1) is 15.4. The zero-order valence-electron chi connectivity index (χ0n) is 18.3. The van der Waals surface area contributed by atoms with Crippen LogP contribution in [0.25, 0.3) is 0 Å². The van der Waals surface area contributed by atoms with Crippen molar-refractivity contribution < 1.29 is 38.9 Å². The summed E-state index contributed by atoms with van der Waals surface area (Å²) >= 11 is 0. The second-order valence-electron chi connectivity index (χ2n) is 6.99. The maximum Gasteiger partial charge on any atom is 0.126 e. The van der Waals surface area contributed by atoms with E-state index < -0.39 is 30.4 Å². The van der Waals surface area contributed by atoms with E-state index in [1.54, 1.807) is 51.1 Å². The molecular formula is C21H22NO9S3-3. The van der Waals surface area contributed by atoms with Gasteiger partial charge in [-0.1, -0.05) is 36.4 Å². The van der Waals surface area contributed by atoms with Gasteiger partial charge < -0.3 is 19.4 Å². The summed E-state index contributed by atoms with van der Waals surface area (Å²) in [5, 5.41) is 0. The van der Waals surface area contributed by atoms with Crippen molar-refractivity contribution in [2.45, 2.75) is 35.5 Å². The molecule has 2 N–H and O–H groups in total. The molecule has 0 aliphatic carbocycles. The SMILES string of the molecule is Cc1ccc(N)c(S(=O)(=O)[O-])c1.Cc1cccc(S(=O)(=O)[O-])c1.Cc1ccccc1S(=O)(=O)[O-]. The van der Waals surface area contributed by atoms with Crippen molar-refractivity contribution in [1.29, 1.82) is 0 Å². The van der Waals surface area contributed by atoms with Gasteiger partial charge in [0, 0.05) is 5.69 Å². The van der Waals surface area contributed by atoms with Crippen molar-refractivity contribution in [3.63, 3.8) is 0 Å². The number of benzene rings is 3. The second-order valence-corrected chi connectivity index (χ2v) is 11.1. The minimum atomic E-state index is -4.43. The van der Waals surface area contributed by atoms with Gasteiger partial charge in [0.2, 0.25) is 0 Å². The topological polar surface area (TPSA) is 198 Å². The first-order valence-corrected chi connectivity index (χ1v) is 13.5. The minimum Gasteiger partial charge on any atom is -0.744 e. The van der Waals surface area contributed by atoms with Crippen LogP contribution in [0.2, 0.25) is 0 Å². The molecule has 186 valence electrons. The zero-order chi connectivity index (χ0) is 26.3. The van der Waals surface area contributed by atoms with Crippen LogP contribution in [0.3, 0.4) is 0 Å². The van der Waals surface area contributed by atoms with Crippen LogP contribution in [0.4, 0.5) is 5.69 Å². The third kappa shape index (κ3) is 9.59. The van der Waals surface area contributed by atoms with E-state index in [0.29, 0.717) is 11.1 Å². The van der Waals surface area contributed by atoms with Crippen molar-refractivity contribution in [2.24, 2.45) is 0 Å². The molecule has 10 nitrogen and oxygen atoms in total. The van der Waals surface area contributed by atoms with E-state index in [2.05, 4.69) is 0 Å². The summed E-state index contributed by atoms with van der Waals surface area (Å²) < 4.78 is 94.5. The van der Waals surface area contributed by atoms with Crippen molar-refractivity contribution in [3.05, 3.63) is 83.4 Å². The van der Waals surface area contributed by atoms with E-state index in [4.69, 9.17) is 5.73 Å². The van der Waals surface area contributed by atoms with E-state index in [9.17, 15) is 38.9 Å². The van der Waals surface area contributed by atoms with E-state index >= 15 is 0 Å². The van der Waals surface area contributed by atoms with Crippen LogP contribution in [0, 0.1) is 20.8 Å². The normalized spacial score (nSPS) is 11.5. The van der Waals surface area contributed by atoms with E-state index in [1.165, 1.54) is 36.4 Å². The Kier molecular flexibility index (Phi) is 9.93. The largest absolute Gasteiger partial charge is 0.744 e. The highest BCUT2D eigenvalue weighted by atomic mass is 32.2. The van der Waals surface area contributed by atoms with Gasteiger partial charge >= 0.3 is 0 Å². The molecule has 0 amide bonds. The van der Waals surface area contributed by atoms with Gasteiger partial charge in [-0.05, 0) is 67.8 Å². The summed E-state index contributed by atoms with van der Waals surface area (Å²) in [6.07, 6.45) is 0. The fourth-order valence-corrected chi connectivity index (χ4v) is 4.44. The summed E-state index contributed by atoms with van der Waals surface area (Å²) in [4.78, 5) is -0.653. The number of rotatable bonds is 3. The third-order valence-electron chi connectivity index (χ3n) is 4.08. The van der Waals surface area contributed by atoms with Crippen molar-refractivity contribution in [3.8, 4) is 0 Å². The van der Waals surface area contributed by atoms with Gasteiger partial charge in [0.05, 0.1) is 14.7 Å². The summed E-state index contributed by atoms with van der Waals surface area (Å²) in [5.74, 6) is 0. The summed E-state index contributed by atoms with van der Waals surface area (Å²) in [5.41, 5.74) is 7.24. The average molecular weight is 529 g/mol. The molecule has 0 aliphatic rings. The molecule has 0 saturated carbocycles. The Morgan fingerprint density at radius 2 is 1.12 bits per heavy atom. The van der Waals surface area contributed by atoms with Crippen LogP contribution in [0.15, 0.2) is 81.4 Å². The van der Waals surface area contributed by atoms with Crippen LogP contribution in [0.1, 0.15) is 16.7 Å². The highest BCUT2D eigenvalue weighted by molar-refractivity contribution is 7.86. The molecule has 0 atom stereocenters. The minimum absolute atomic E-state index is 0.00407. The first kappa shape index (κ1) is 29.2. The highest BCUT2D eigenvalue weighted by Gasteiger charge is 2.05. The maximum absolute atomic E-state index is 10.6. The number of anilines is 1. The van der Waals surface area contributed by atoms with Gasteiger partial charge in [0.15, 0.2) is 0 Å². The molecule has 0 saturated heterocycles. The monoisotopic (exact) mass is 528 g/mol. The number of nitrogens with two attached hydrogens (primary N) is 1. The molecule has 13 heteroatoms. The number of nitrogen functional groups attached to an aromatic ring is 1. The molecule has 0 heterocycles. The second kappa shape index (κ2) is 11.6. The summed E-state index contributed by atoms with van der Waals surface area (Å²) in [7, 11) is -13.0. The molecule has 0 aliphatic heterocycles. The Morgan fingerprint density at radius 3 is 1.50 bits per heavy atom. The standard InChI is InChI=1S/C7H9NO3S.2C7H8O3S/c1-5-2-3-6(8)7(4-5)12(9,10)11;1-6-3-2-4-7(5-6)11(8,9)10;1-6-4-2-3-5-7(6)11(8,9)10/h2-4H,8H2,1H3,(H,9,10,11);2*2-5H,1H3,(H,8,9,10)/p-3. The van der Waals surface area contributed by atoms with E-state index in [1.807, 2.05) is 0 Å². The zero-order valence-corrected chi connectivity index (χ0v) is 20.8. The number of hydrogen-bond acceptors (Lipinski definition) is 10. The lowest BCUT2D eigenvalue weighted by Gasteiger charge is -2.10. The Hall–Kier alpha value is -2.81. The van der Waals surface area contributed by atoms with Gasteiger partial charge in [0.1, 0.15) is 30.4 Å². The Morgan fingerprint density at radius 1 is 0.588 bits per heavy atom. The lowest BCUT2D eigenvalue weighted by Crippen LogP contribution is -2.03. The molecule has 0 unspecified atom stereocenters. The van der Waals surface area contributed by atoms with Crippen LogP contribution >= 0.6 is 0 Å². The maximum atomic E-state index is 10.6. The number of aryl methyl sites for hydroxylation is 3. The Bertz CT molecular complexity index is 1460. The third-order valence-corrected chi connectivity index (χ3v) is 6.80. The Labute approximate surface area is 199 Å². The van der Waals surface area contributed by atoms with Gasteiger partial charge in [-0.3, -0.25) is 0 Å². The smallest absolute Gasteiger partial charge is 0.126 e. The molecule has 3 rings (SSSR count). The van der Waals surface area contributed by atoms with Gasteiger partial charge in [-0.2, -0.15) is 0 Å². The lowest BCUT2D eigenvalue weighted by molar-refractivity contribution is 0.460. The fraction of sp³-hybridized carbons (Fsp3) is 0.143. The molecule has 3 aromatic carbocycles. The highest BCUT2D eigenvalue weighted by Crippen LogP contribution is 2.18. The van der Waals surface area contributed by atoms with Gasteiger partial charge in [-0.25, -0.2) is 25.3 Å². The van der Waals surface area contributed by atoms with Crippen molar-refractivity contribution in [1.82, 2.24) is 0 Å². The molecule has 0 radical (unpaired) electrons. The van der Waals surface area contributed by atoms with Gasteiger partial charge in [0.25, 0.3) is 0 Å². The molecule has 0 fully saturated rings. The summed E-state index contributed by atoms with van der Waals surface area (Å²) in [6.45, 7) is 5.01. The average Bonchev–Trinajstić information content (AvgIpc) is 2.69. The molecule has 0 spiro atoms. The van der Waals surface area contributed by atoms with Crippen LogP contribution < -0.4 is 5.73 Å². The first-order valence-electron chi connectivity index (χ1n) is 9.29. The molecule has 0 aromatic heterocycles. The molecule has 3 aromatic rings.